The Balaban J connectivity index is 3.07. The molecule has 0 aliphatic rings. The van der Waals surface area contributed by atoms with Gasteiger partial charge in [0.15, 0.2) is 0 Å². The van der Waals surface area contributed by atoms with Crippen LogP contribution in [0.5, 0.6) is 0 Å². The quantitative estimate of drug-likeness (QED) is 0.732. The van der Waals surface area contributed by atoms with Gasteiger partial charge in [-0.1, -0.05) is 55.1 Å². The second-order valence-corrected chi connectivity index (χ2v) is 4.59. The largest absolute Gasteiger partial charge is 0.316 e. The van der Waals surface area contributed by atoms with Crippen LogP contribution in [0.3, 0.4) is 0 Å². The van der Waals surface area contributed by atoms with Gasteiger partial charge < -0.3 is 10.6 Å². The van der Waals surface area contributed by atoms with E-state index in [1.807, 2.05) is 27.1 Å². The topological polar surface area (TPSA) is 24.1 Å². The van der Waals surface area contributed by atoms with Crippen molar-refractivity contribution in [3.8, 4) is 0 Å². The molecule has 0 saturated heterocycles. The second kappa shape index (κ2) is 7.72. The predicted octanol–water partition coefficient (Wildman–Crippen LogP) is 3.14. The molecule has 0 fully saturated rings. The monoisotopic (exact) mass is 256 g/mol. The van der Waals surface area contributed by atoms with Crippen molar-refractivity contribution in [2.45, 2.75) is 19.5 Å². The number of benzene rings is 1. The molecule has 0 aromatic heterocycles. The minimum Gasteiger partial charge on any atom is -0.316 e. The zero-order chi connectivity index (χ0) is 14.3. The molecule has 1 atom stereocenters. The summed E-state index contributed by atoms with van der Waals surface area (Å²) < 4.78 is 0. The van der Waals surface area contributed by atoms with Gasteiger partial charge in [0.05, 0.1) is 6.04 Å². The maximum atomic E-state index is 4.26. The fourth-order valence-electron chi connectivity index (χ4n) is 2.03. The molecule has 1 unspecified atom stereocenters. The van der Waals surface area contributed by atoms with Crippen LogP contribution < -0.4 is 10.6 Å². The Morgan fingerprint density at radius 1 is 1.32 bits per heavy atom. The van der Waals surface area contributed by atoms with Gasteiger partial charge in [0.2, 0.25) is 0 Å². The number of hydrogen-bond donors (Lipinski definition) is 2. The molecule has 0 aliphatic heterocycles. The number of nitrogens with one attached hydrogen (secondary N) is 2. The van der Waals surface area contributed by atoms with E-state index >= 15 is 0 Å². The summed E-state index contributed by atoms with van der Waals surface area (Å²) in [5.74, 6) is 0. The van der Waals surface area contributed by atoms with Gasteiger partial charge in [-0.2, -0.15) is 0 Å². The van der Waals surface area contributed by atoms with Crippen molar-refractivity contribution < 1.29 is 0 Å². The number of rotatable bonds is 7. The molecule has 2 heteroatoms. The molecule has 0 heterocycles. The molecule has 2 nitrogen and oxygen atoms in total. The molecule has 0 bridgehead atoms. The molecule has 0 amide bonds. The van der Waals surface area contributed by atoms with Crippen LogP contribution in [0.15, 0.2) is 55.1 Å². The second-order valence-electron chi connectivity index (χ2n) is 4.59. The zero-order valence-corrected chi connectivity index (χ0v) is 12.2. The van der Waals surface area contributed by atoms with Crippen molar-refractivity contribution in [1.29, 1.82) is 0 Å². The first-order chi connectivity index (χ1) is 9.13. The van der Waals surface area contributed by atoms with Crippen molar-refractivity contribution >= 4 is 5.57 Å². The molecular weight excluding hydrogens is 232 g/mol. The van der Waals surface area contributed by atoms with Crippen molar-refractivity contribution in [1.82, 2.24) is 10.6 Å². The highest BCUT2D eigenvalue weighted by molar-refractivity contribution is 5.72. The fourth-order valence-corrected chi connectivity index (χ4v) is 2.03. The Morgan fingerprint density at radius 2 is 2.00 bits per heavy atom. The zero-order valence-electron chi connectivity index (χ0n) is 12.2. The van der Waals surface area contributed by atoms with Gasteiger partial charge >= 0.3 is 0 Å². The third-order valence-electron chi connectivity index (χ3n) is 3.17. The van der Waals surface area contributed by atoms with Crippen LogP contribution in [-0.4, -0.2) is 20.1 Å². The maximum absolute atomic E-state index is 4.26. The van der Waals surface area contributed by atoms with E-state index in [1.54, 1.807) is 0 Å². The minimum atomic E-state index is 0.121. The summed E-state index contributed by atoms with van der Waals surface area (Å²) in [7, 11) is 3.90. The lowest BCUT2D eigenvalue weighted by atomic mass is 9.94. The highest BCUT2D eigenvalue weighted by atomic mass is 14.9. The van der Waals surface area contributed by atoms with Crippen molar-refractivity contribution in [3.05, 3.63) is 66.3 Å². The van der Waals surface area contributed by atoms with Gasteiger partial charge in [-0.05, 0) is 37.7 Å². The van der Waals surface area contributed by atoms with E-state index in [0.717, 1.165) is 17.7 Å². The maximum Gasteiger partial charge on any atom is 0.0509 e. The molecule has 1 aromatic carbocycles. The van der Waals surface area contributed by atoms with Gasteiger partial charge in [-0.25, -0.2) is 0 Å². The van der Waals surface area contributed by atoms with Gasteiger partial charge in [-0.3, -0.25) is 0 Å². The summed E-state index contributed by atoms with van der Waals surface area (Å²) in [6.45, 7) is 10.9. The van der Waals surface area contributed by atoms with E-state index in [4.69, 9.17) is 0 Å². The molecule has 1 rings (SSSR count). The summed E-state index contributed by atoms with van der Waals surface area (Å²) >= 11 is 0. The van der Waals surface area contributed by atoms with Crippen LogP contribution in [0.4, 0.5) is 0 Å². The summed E-state index contributed by atoms with van der Waals surface area (Å²) in [5.41, 5.74) is 4.69. The van der Waals surface area contributed by atoms with E-state index in [-0.39, 0.29) is 6.04 Å². The van der Waals surface area contributed by atoms with Gasteiger partial charge in [0, 0.05) is 6.54 Å². The Bertz CT molecular complexity index is 472. The summed E-state index contributed by atoms with van der Waals surface area (Å²) in [5, 5.41) is 6.49. The fraction of sp³-hybridized carbons (Fsp3) is 0.294. The Morgan fingerprint density at radius 3 is 2.58 bits per heavy atom. The van der Waals surface area contributed by atoms with Crippen molar-refractivity contribution in [2.24, 2.45) is 0 Å². The third kappa shape index (κ3) is 4.19. The van der Waals surface area contributed by atoms with Gasteiger partial charge in [0.25, 0.3) is 0 Å². The first kappa shape index (κ1) is 15.4. The molecule has 0 aliphatic carbocycles. The smallest absolute Gasteiger partial charge is 0.0509 e. The first-order valence-corrected chi connectivity index (χ1v) is 6.53. The lowest BCUT2D eigenvalue weighted by Crippen LogP contribution is -2.25. The van der Waals surface area contributed by atoms with E-state index in [0.29, 0.717) is 0 Å². The SMILES string of the molecule is C=C/C(C)=C\C(NC)C(=C)c1ccccc1CNC. The average Bonchev–Trinajstić information content (AvgIpc) is 2.44. The van der Waals surface area contributed by atoms with E-state index in [9.17, 15) is 0 Å². The summed E-state index contributed by atoms with van der Waals surface area (Å²) in [6.07, 6.45) is 4.00. The molecule has 2 N–H and O–H groups in total. The van der Waals surface area contributed by atoms with Crippen molar-refractivity contribution in [3.63, 3.8) is 0 Å². The Labute approximate surface area is 116 Å². The van der Waals surface area contributed by atoms with Gasteiger partial charge in [-0.15, -0.1) is 0 Å². The third-order valence-corrected chi connectivity index (χ3v) is 3.17. The standard InChI is InChI=1S/C17H24N2/c1-6-13(2)11-17(19-5)14(3)16-10-8-7-9-15(16)12-18-4/h6-11,17-19H,1,3,12H2,2,4-5H3/b13-11-. The van der Waals surface area contributed by atoms with Crippen molar-refractivity contribution in [2.75, 3.05) is 14.1 Å². The first-order valence-electron chi connectivity index (χ1n) is 6.53. The van der Waals surface area contributed by atoms with Gasteiger partial charge in [0.1, 0.15) is 0 Å². The summed E-state index contributed by atoms with van der Waals surface area (Å²) in [4.78, 5) is 0. The summed E-state index contributed by atoms with van der Waals surface area (Å²) in [6, 6.07) is 8.49. The molecular formula is C17H24N2. The van der Waals surface area contributed by atoms with Crippen LogP contribution in [0.1, 0.15) is 18.1 Å². The minimum absolute atomic E-state index is 0.121. The van der Waals surface area contributed by atoms with Crippen LogP contribution >= 0.6 is 0 Å². The lowest BCUT2D eigenvalue weighted by Gasteiger charge is -2.19. The van der Waals surface area contributed by atoms with E-state index < -0.39 is 0 Å². The normalized spacial score (nSPS) is 13.1. The predicted molar refractivity (Wildman–Crippen MR) is 85.0 cm³/mol. The molecule has 1 aromatic rings. The number of likely N-dealkylation sites (N-methyl/N-ethyl adjacent to an activating group) is 1. The average molecular weight is 256 g/mol. The van der Waals surface area contributed by atoms with E-state index in [1.165, 1.54) is 11.1 Å². The number of allylic oxidation sites excluding steroid dienone is 2. The highest BCUT2D eigenvalue weighted by Gasteiger charge is 2.12. The Hall–Kier alpha value is -1.64. The van der Waals surface area contributed by atoms with Crippen LogP contribution in [-0.2, 0) is 6.54 Å². The van der Waals surface area contributed by atoms with Crippen LogP contribution in [0.2, 0.25) is 0 Å². The molecule has 0 radical (unpaired) electrons. The molecule has 0 spiro atoms. The number of hydrogen-bond acceptors (Lipinski definition) is 2. The van der Waals surface area contributed by atoms with Crippen LogP contribution in [0, 0.1) is 0 Å². The Kier molecular flexibility index (Phi) is 6.26. The highest BCUT2D eigenvalue weighted by Crippen LogP contribution is 2.22. The van der Waals surface area contributed by atoms with E-state index in [2.05, 4.69) is 54.1 Å². The molecule has 0 saturated carbocycles. The molecule has 19 heavy (non-hydrogen) atoms. The lowest BCUT2D eigenvalue weighted by molar-refractivity contribution is 0.790. The van der Waals surface area contributed by atoms with Crippen LogP contribution in [0.25, 0.3) is 5.57 Å². The molecule has 102 valence electrons.